The molecular formula is C17H19F3N4O2S. The summed E-state index contributed by atoms with van der Waals surface area (Å²) in [5, 5.41) is 2.60. The third-order valence-electron chi connectivity index (χ3n) is 4.33. The molecule has 2 heterocycles. The molecule has 0 amide bonds. The number of hydrogen-bond donors (Lipinski definition) is 1. The normalized spacial score (nSPS) is 17.0. The number of aromatic nitrogens is 1. The van der Waals surface area contributed by atoms with Gasteiger partial charge in [-0.05, 0) is 31.3 Å². The molecule has 1 aliphatic rings. The molecule has 0 bridgehead atoms. The topological polar surface area (TPSA) is 65.5 Å². The van der Waals surface area contributed by atoms with Crippen molar-refractivity contribution in [1.82, 2.24) is 14.2 Å². The summed E-state index contributed by atoms with van der Waals surface area (Å²) >= 11 is 0. The van der Waals surface area contributed by atoms with Crippen LogP contribution in [0.4, 0.5) is 24.7 Å². The molecule has 0 saturated carbocycles. The summed E-state index contributed by atoms with van der Waals surface area (Å²) in [6.45, 7) is 2.05. The molecule has 27 heavy (non-hydrogen) atoms. The Morgan fingerprint density at radius 3 is 2.30 bits per heavy atom. The number of nitrogens with zero attached hydrogens (tertiary/aromatic N) is 3. The fourth-order valence-electron chi connectivity index (χ4n) is 2.76. The van der Waals surface area contributed by atoms with Crippen LogP contribution >= 0.6 is 0 Å². The van der Waals surface area contributed by atoms with Gasteiger partial charge in [0, 0.05) is 32.4 Å². The first-order valence-corrected chi connectivity index (χ1v) is 9.70. The van der Waals surface area contributed by atoms with E-state index in [1.54, 1.807) is 0 Å². The number of nitrogens with one attached hydrogen (secondary N) is 1. The molecule has 0 aliphatic carbocycles. The highest BCUT2D eigenvalue weighted by atomic mass is 32.2. The molecule has 0 radical (unpaired) electrons. The number of alkyl halides is 3. The SMILES string of the molecule is CN1CCN(S(=O)(=O)c2ccc(Nc3ccccc3C(F)(F)F)nc2)CC1. The summed E-state index contributed by atoms with van der Waals surface area (Å²) in [7, 11) is -1.75. The molecule has 2 aromatic rings. The van der Waals surface area contributed by atoms with Gasteiger partial charge in [-0.2, -0.15) is 17.5 Å². The predicted molar refractivity (Wildman–Crippen MR) is 95.2 cm³/mol. The number of sulfonamides is 1. The molecule has 10 heteroatoms. The van der Waals surface area contributed by atoms with Crippen LogP contribution in [-0.2, 0) is 16.2 Å². The van der Waals surface area contributed by atoms with E-state index in [4.69, 9.17) is 0 Å². The summed E-state index contributed by atoms with van der Waals surface area (Å²) in [5.74, 6) is 0.129. The van der Waals surface area contributed by atoms with E-state index in [1.807, 2.05) is 11.9 Å². The van der Waals surface area contributed by atoms with Crippen molar-refractivity contribution in [3.63, 3.8) is 0 Å². The molecule has 1 fully saturated rings. The Kier molecular flexibility index (Phi) is 5.41. The van der Waals surface area contributed by atoms with Gasteiger partial charge in [0.25, 0.3) is 0 Å². The highest BCUT2D eigenvalue weighted by Crippen LogP contribution is 2.35. The Hall–Kier alpha value is -2.17. The van der Waals surface area contributed by atoms with Gasteiger partial charge in [-0.3, -0.25) is 0 Å². The van der Waals surface area contributed by atoms with Gasteiger partial charge in [-0.1, -0.05) is 12.1 Å². The average Bonchev–Trinajstić information content (AvgIpc) is 2.62. The number of pyridine rings is 1. The number of hydrogen-bond acceptors (Lipinski definition) is 5. The van der Waals surface area contributed by atoms with E-state index in [-0.39, 0.29) is 16.4 Å². The van der Waals surface area contributed by atoms with E-state index in [9.17, 15) is 21.6 Å². The number of para-hydroxylation sites is 1. The van der Waals surface area contributed by atoms with Gasteiger partial charge in [0.05, 0.1) is 11.3 Å². The van der Waals surface area contributed by atoms with Crippen molar-refractivity contribution in [3.8, 4) is 0 Å². The van der Waals surface area contributed by atoms with Crippen LogP contribution in [0.3, 0.4) is 0 Å². The number of benzene rings is 1. The summed E-state index contributed by atoms with van der Waals surface area (Å²) in [4.78, 5) is 6.03. The van der Waals surface area contributed by atoms with Crippen LogP contribution in [0.5, 0.6) is 0 Å². The van der Waals surface area contributed by atoms with Crippen molar-refractivity contribution >= 4 is 21.5 Å². The molecule has 1 aliphatic heterocycles. The summed E-state index contributed by atoms with van der Waals surface area (Å²) in [5.41, 5.74) is -0.965. The summed E-state index contributed by atoms with van der Waals surface area (Å²) < 4.78 is 65.8. The lowest BCUT2D eigenvalue weighted by Crippen LogP contribution is -2.47. The molecule has 6 nitrogen and oxygen atoms in total. The van der Waals surface area contributed by atoms with Crippen LogP contribution in [0.25, 0.3) is 0 Å². The van der Waals surface area contributed by atoms with Gasteiger partial charge in [-0.15, -0.1) is 0 Å². The van der Waals surface area contributed by atoms with Crippen molar-refractivity contribution in [1.29, 1.82) is 0 Å². The average molecular weight is 400 g/mol. The Bertz CT molecular complexity index is 893. The first kappa shape index (κ1) is 19.6. The largest absolute Gasteiger partial charge is 0.418 e. The molecule has 0 unspecified atom stereocenters. The second kappa shape index (κ2) is 7.45. The Balaban J connectivity index is 1.79. The van der Waals surface area contributed by atoms with Crippen LogP contribution in [0.2, 0.25) is 0 Å². The molecular weight excluding hydrogens is 381 g/mol. The van der Waals surface area contributed by atoms with Gasteiger partial charge >= 0.3 is 6.18 Å². The fourth-order valence-corrected chi connectivity index (χ4v) is 4.13. The molecule has 1 aromatic carbocycles. The van der Waals surface area contributed by atoms with Crippen LogP contribution < -0.4 is 5.32 Å². The molecule has 0 atom stereocenters. The summed E-state index contributed by atoms with van der Waals surface area (Å²) in [6.07, 6.45) is -3.35. The first-order valence-electron chi connectivity index (χ1n) is 8.26. The standard InChI is InChI=1S/C17H19F3N4O2S/c1-23-8-10-24(11-9-23)27(25,26)13-6-7-16(21-12-13)22-15-5-3-2-4-14(15)17(18,19)20/h2-7,12H,8-11H2,1H3,(H,21,22). The van der Waals surface area contributed by atoms with Crippen molar-refractivity contribution in [2.75, 3.05) is 38.5 Å². The van der Waals surface area contributed by atoms with Gasteiger partial charge < -0.3 is 10.2 Å². The van der Waals surface area contributed by atoms with Crippen molar-refractivity contribution < 1.29 is 21.6 Å². The van der Waals surface area contributed by atoms with Gasteiger partial charge in [0.2, 0.25) is 10.0 Å². The lowest BCUT2D eigenvalue weighted by atomic mass is 10.1. The van der Waals surface area contributed by atoms with Crippen LogP contribution in [0.1, 0.15) is 5.56 Å². The molecule has 3 rings (SSSR count). The second-order valence-electron chi connectivity index (χ2n) is 6.25. The number of anilines is 2. The zero-order valence-corrected chi connectivity index (χ0v) is 15.4. The number of piperazine rings is 1. The van der Waals surface area contributed by atoms with Crippen molar-refractivity contribution in [2.24, 2.45) is 0 Å². The first-order chi connectivity index (χ1) is 12.7. The quantitative estimate of drug-likeness (QED) is 0.855. The number of halogens is 3. The predicted octanol–water partition coefficient (Wildman–Crippen LogP) is 2.78. The monoisotopic (exact) mass is 400 g/mol. The van der Waals surface area contributed by atoms with Gasteiger partial charge in [-0.25, -0.2) is 13.4 Å². The highest BCUT2D eigenvalue weighted by molar-refractivity contribution is 7.89. The van der Waals surface area contributed by atoms with Crippen LogP contribution in [0.15, 0.2) is 47.5 Å². The number of rotatable bonds is 4. The lowest BCUT2D eigenvalue weighted by Gasteiger charge is -2.31. The van der Waals surface area contributed by atoms with Gasteiger partial charge in [0.1, 0.15) is 10.7 Å². The summed E-state index contributed by atoms with van der Waals surface area (Å²) in [6, 6.07) is 7.74. The third kappa shape index (κ3) is 4.40. The fraction of sp³-hybridized carbons (Fsp3) is 0.353. The third-order valence-corrected chi connectivity index (χ3v) is 6.21. The Labute approximate surface area is 155 Å². The van der Waals surface area contributed by atoms with E-state index in [0.29, 0.717) is 26.2 Å². The van der Waals surface area contributed by atoms with Crippen molar-refractivity contribution in [2.45, 2.75) is 11.1 Å². The lowest BCUT2D eigenvalue weighted by molar-refractivity contribution is -0.136. The zero-order valence-electron chi connectivity index (χ0n) is 14.6. The molecule has 0 spiro atoms. The van der Waals surface area contributed by atoms with E-state index in [0.717, 1.165) is 12.3 Å². The minimum atomic E-state index is -4.51. The van der Waals surface area contributed by atoms with E-state index >= 15 is 0 Å². The van der Waals surface area contributed by atoms with Crippen LogP contribution in [0, 0.1) is 0 Å². The van der Waals surface area contributed by atoms with E-state index in [2.05, 4.69) is 10.3 Å². The maximum absolute atomic E-state index is 13.1. The zero-order chi connectivity index (χ0) is 19.7. The molecule has 1 N–H and O–H groups in total. The van der Waals surface area contributed by atoms with Crippen molar-refractivity contribution in [3.05, 3.63) is 48.2 Å². The minimum absolute atomic E-state index is 0.0155. The van der Waals surface area contributed by atoms with Gasteiger partial charge in [0.15, 0.2) is 0 Å². The van der Waals surface area contributed by atoms with E-state index in [1.165, 1.54) is 34.6 Å². The minimum Gasteiger partial charge on any atom is -0.340 e. The molecule has 146 valence electrons. The highest BCUT2D eigenvalue weighted by Gasteiger charge is 2.33. The number of likely N-dealkylation sites (N-methyl/N-ethyl adjacent to an activating group) is 1. The maximum Gasteiger partial charge on any atom is 0.418 e. The maximum atomic E-state index is 13.1. The van der Waals surface area contributed by atoms with E-state index < -0.39 is 21.8 Å². The second-order valence-corrected chi connectivity index (χ2v) is 8.19. The smallest absolute Gasteiger partial charge is 0.340 e. The Morgan fingerprint density at radius 2 is 1.70 bits per heavy atom. The molecule has 1 saturated heterocycles. The van der Waals surface area contributed by atoms with Crippen LogP contribution in [-0.4, -0.2) is 55.8 Å². The molecule has 1 aromatic heterocycles. The Morgan fingerprint density at radius 1 is 1.04 bits per heavy atom.